The maximum Gasteiger partial charge on any atom is 0.418 e. The van der Waals surface area contributed by atoms with Crippen LogP contribution in [0.2, 0.25) is 0 Å². The van der Waals surface area contributed by atoms with Crippen LogP contribution in [-0.4, -0.2) is 60.7 Å². The number of benzene rings is 1. The van der Waals surface area contributed by atoms with Crippen LogP contribution in [0.25, 0.3) is 0 Å². The van der Waals surface area contributed by atoms with Gasteiger partial charge in [0.25, 0.3) is 0 Å². The molecule has 1 aliphatic carbocycles. The number of alkyl halides is 3. The molecule has 11 heteroatoms. The Morgan fingerprint density at radius 3 is 2.40 bits per heavy atom. The predicted molar refractivity (Wildman–Crippen MR) is 126 cm³/mol. The standard InChI is InChI=1S/C24H28F3N5O3/c25-24(26,27)20-14-22(28-15-21(20)30-34)29-17-6-8-19(9-7-17)35-16-23(33)32-12-10-31(11-13-32)18-4-2-1-3-5-18/h1-5,14-15,17,19H,6-13,16H2,(H,28,29). The molecular formula is C24H28F3N5O3. The van der Waals surface area contributed by atoms with E-state index in [2.05, 4.69) is 32.5 Å². The zero-order valence-electron chi connectivity index (χ0n) is 19.2. The summed E-state index contributed by atoms with van der Waals surface area (Å²) < 4.78 is 45.2. The highest BCUT2D eigenvalue weighted by Crippen LogP contribution is 2.37. The summed E-state index contributed by atoms with van der Waals surface area (Å²) in [6, 6.07) is 10.9. The first kappa shape index (κ1) is 24.9. The van der Waals surface area contributed by atoms with Crippen molar-refractivity contribution in [2.45, 2.75) is 44.0 Å². The molecule has 1 aromatic heterocycles. The zero-order valence-corrected chi connectivity index (χ0v) is 19.2. The second-order valence-corrected chi connectivity index (χ2v) is 8.81. The summed E-state index contributed by atoms with van der Waals surface area (Å²) in [5, 5.41) is 5.42. The topological polar surface area (TPSA) is 87.1 Å². The minimum atomic E-state index is -4.69. The van der Waals surface area contributed by atoms with Gasteiger partial charge in [-0.05, 0) is 49.1 Å². The van der Waals surface area contributed by atoms with Crippen molar-refractivity contribution < 1.29 is 22.7 Å². The van der Waals surface area contributed by atoms with Crippen LogP contribution in [0.5, 0.6) is 0 Å². The number of anilines is 2. The highest BCUT2D eigenvalue weighted by atomic mass is 19.4. The summed E-state index contributed by atoms with van der Waals surface area (Å²) in [7, 11) is 0. The third kappa shape index (κ3) is 6.47. The van der Waals surface area contributed by atoms with E-state index in [-0.39, 0.29) is 30.5 Å². The van der Waals surface area contributed by atoms with Crippen molar-refractivity contribution in [1.82, 2.24) is 9.88 Å². The molecule has 0 radical (unpaired) electrons. The van der Waals surface area contributed by atoms with E-state index in [1.165, 1.54) is 0 Å². The highest BCUT2D eigenvalue weighted by Gasteiger charge is 2.35. The lowest BCUT2D eigenvalue weighted by Gasteiger charge is -2.36. The average Bonchev–Trinajstić information content (AvgIpc) is 2.88. The highest BCUT2D eigenvalue weighted by molar-refractivity contribution is 5.77. The number of para-hydroxylation sites is 1. The first-order valence-corrected chi connectivity index (χ1v) is 11.7. The number of pyridine rings is 1. The zero-order chi connectivity index (χ0) is 24.8. The average molecular weight is 492 g/mol. The van der Waals surface area contributed by atoms with Crippen molar-refractivity contribution in [2.75, 3.05) is 43.0 Å². The van der Waals surface area contributed by atoms with Crippen molar-refractivity contribution >= 4 is 23.1 Å². The quantitative estimate of drug-likeness (QED) is 0.571. The number of nitroso groups, excluding NO2 is 1. The van der Waals surface area contributed by atoms with E-state index < -0.39 is 17.4 Å². The van der Waals surface area contributed by atoms with E-state index in [0.29, 0.717) is 38.8 Å². The van der Waals surface area contributed by atoms with Gasteiger partial charge >= 0.3 is 6.18 Å². The first-order valence-electron chi connectivity index (χ1n) is 11.7. The number of hydrogen-bond donors (Lipinski definition) is 1. The smallest absolute Gasteiger partial charge is 0.368 e. The molecule has 2 heterocycles. The normalized spacial score (nSPS) is 21.0. The summed E-state index contributed by atoms with van der Waals surface area (Å²) >= 11 is 0. The van der Waals surface area contributed by atoms with E-state index in [1.54, 1.807) is 0 Å². The number of carbonyl (C=O) groups is 1. The number of nitrogens with one attached hydrogen (secondary N) is 1. The Bertz CT molecular complexity index is 1010. The van der Waals surface area contributed by atoms with Crippen LogP contribution in [0.3, 0.4) is 0 Å². The fraction of sp³-hybridized carbons (Fsp3) is 0.500. The van der Waals surface area contributed by atoms with Crippen LogP contribution in [0, 0.1) is 4.91 Å². The molecule has 35 heavy (non-hydrogen) atoms. The van der Waals surface area contributed by atoms with Gasteiger partial charge in [0.2, 0.25) is 5.91 Å². The minimum Gasteiger partial charge on any atom is -0.368 e. The molecule has 1 N–H and O–H groups in total. The fourth-order valence-corrected chi connectivity index (χ4v) is 4.54. The van der Waals surface area contributed by atoms with Crippen LogP contribution in [0.1, 0.15) is 31.2 Å². The Balaban J connectivity index is 1.19. The van der Waals surface area contributed by atoms with Crippen molar-refractivity contribution in [3.63, 3.8) is 0 Å². The van der Waals surface area contributed by atoms with Gasteiger partial charge in [0.1, 0.15) is 18.1 Å². The number of ether oxygens (including phenoxy) is 1. The Morgan fingerprint density at radius 2 is 1.77 bits per heavy atom. The van der Waals surface area contributed by atoms with E-state index in [0.717, 1.165) is 31.0 Å². The molecular weight excluding hydrogens is 463 g/mol. The molecule has 4 rings (SSSR count). The molecule has 188 valence electrons. The molecule has 0 bridgehead atoms. The van der Waals surface area contributed by atoms with Gasteiger partial charge in [0.05, 0.1) is 17.9 Å². The molecule has 0 spiro atoms. The molecule has 8 nitrogen and oxygen atoms in total. The number of aromatic nitrogens is 1. The van der Waals surface area contributed by atoms with Crippen molar-refractivity contribution in [3.8, 4) is 0 Å². The van der Waals surface area contributed by atoms with Crippen molar-refractivity contribution in [3.05, 3.63) is 53.1 Å². The molecule has 2 aromatic rings. The van der Waals surface area contributed by atoms with Gasteiger partial charge < -0.3 is 19.9 Å². The molecule has 1 aromatic carbocycles. The largest absolute Gasteiger partial charge is 0.418 e. The van der Waals surface area contributed by atoms with Gasteiger partial charge in [0, 0.05) is 37.9 Å². The number of hydrogen-bond acceptors (Lipinski definition) is 7. The van der Waals surface area contributed by atoms with Crippen molar-refractivity contribution in [2.24, 2.45) is 5.18 Å². The molecule has 2 fully saturated rings. The number of halogens is 3. The van der Waals surface area contributed by atoms with Gasteiger partial charge in [-0.1, -0.05) is 18.2 Å². The minimum absolute atomic E-state index is 0.0225. The molecule has 1 amide bonds. The summed E-state index contributed by atoms with van der Waals surface area (Å²) in [5.41, 5.74) is -0.682. The Kier molecular flexibility index (Phi) is 7.84. The molecule has 0 atom stereocenters. The predicted octanol–water partition coefficient (Wildman–Crippen LogP) is 4.59. The maximum atomic E-state index is 13.1. The van der Waals surface area contributed by atoms with Crippen LogP contribution in [0.4, 0.5) is 30.4 Å². The van der Waals surface area contributed by atoms with Gasteiger partial charge in [-0.2, -0.15) is 13.2 Å². The van der Waals surface area contributed by atoms with E-state index in [9.17, 15) is 22.9 Å². The van der Waals surface area contributed by atoms with Crippen LogP contribution in [-0.2, 0) is 15.7 Å². The molecule has 1 saturated heterocycles. The summed E-state index contributed by atoms with van der Waals surface area (Å²) in [4.78, 5) is 31.2. The van der Waals surface area contributed by atoms with Crippen LogP contribution in [0.15, 0.2) is 47.8 Å². The Hall–Kier alpha value is -3.21. The number of rotatable bonds is 7. The Morgan fingerprint density at radius 1 is 1.09 bits per heavy atom. The maximum absolute atomic E-state index is 13.1. The van der Waals surface area contributed by atoms with Crippen LogP contribution >= 0.6 is 0 Å². The van der Waals surface area contributed by atoms with Gasteiger partial charge in [-0.15, -0.1) is 4.91 Å². The summed E-state index contributed by atoms with van der Waals surface area (Å²) in [6.07, 6.45) is -1.20. The molecule has 0 unspecified atom stereocenters. The monoisotopic (exact) mass is 491 g/mol. The lowest BCUT2D eigenvalue weighted by Crippen LogP contribution is -2.50. The second-order valence-electron chi connectivity index (χ2n) is 8.81. The van der Waals surface area contributed by atoms with E-state index >= 15 is 0 Å². The van der Waals surface area contributed by atoms with Gasteiger partial charge in [-0.3, -0.25) is 4.79 Å². The summed E-state index contributed by atoms with van der Waals surface area (Å²) in [5.74, 6) is 0.0321. The second kappa shape index (κ2) is 11.0. The lowest BCUT2D eigenvalue weighted by molar-refractivity contribution is -0.139. The molecule has 1 saturated carbocycles. The lowest BCUT2D eigenvalue weighted by atomic mass is 9.93. The number of piperazine rings is 1. The fourth-order valence-electron chi connectivity index (χ4n) is 4.54. The Labute approximate surface area is 201 Å². The van der Waals surface area contributed by atoms with Crippen molar-refractivity contribution in [1.29, 1.82) is 0 Å². The number of nitrogens with zero attached hydrogens (tertiary/aromatic N) is 4. The van der Waals surface area contributed by atoms with Crippen LogP contribution < -0.4 is 10.2 Å². The summed E-state index contributed by atoms with van der Waals surface area (Å²) in [6.45, 7) is 2.89. The van der Waals surface area contributed by atoms with Gasteiger partial charge in [0.15, 0.2) is 0 Å². The van der Waals surface area contributed by atoms with E-state index in [4.69, 9.17) is 4.74 Å². The number of carbonyl (C=O) groups excluding carboxylic acids is 1. The van der Waals surface area contributed by atoms with E-state index in [1.807, 2.05) is 23.1 Å². The molecule has 2 aliphatic rings. The third-order valence-electron chi connectivity index (χ3n) is 6.51. The molecule has 1 aliphatic heterocycles. The first-order chi connectivity index (χ1) is 16.8. The third-order valence-corrected chi connectivity index (χ3v) is 6.51. The SMILES string of the molecule is O=Nc1cnc(NC2CCC(OCC(=O)N3CCN(c4ccccc4)CC3)CC2)cc1C(F)(F)F. The number of amides is 1. The van der Waals surface area contributed by atoms with Gasteiger partial charge in [-0.25, -0.2) is 4.98 Å².